The fraction of sp³-hybridized carbons (Fsp3) is 0.154. The molecule has 0 fully saturated rings. The maximum Gasteiger partial charge on any atom is 0.308 e. The fourth-order valence-corrected chi connectivity index (χ4v) is 2.97. The van der Waals surface area contributed by atoms with Crippen LogP contribution in [0.4, 0.5) is 11.4 Å². The van der Waals surface area contributed by atoms with Gasteiger partial charge in [0, 0.05) is 33.6 Å². The largest absolute Gasteiger partial charge is 0.415 e. The van der Waals surface area contributed by atoms with Gasteiger partial charge in [-0.15, -0.1) is 11.3 Å². The normalized spacial score (nSPS) is 10.3. The van der Waals surface area contributed by atoms with Crippen LogP contribution in [0.1, 0.15) is 12.5 Å². The van der Waals surface area contributed by atoms with E-state index in [1.54, 1.807) is 18.2 Å². The minimum Gasteiger partial charge on any atom is -0.415 e. The molecular weight excluding hydrogens is 305 g/mol. The molecule has 1 N–H and O–H groups in total. The molecule has 0 radical (unpaired) electrons. The molecule has 0 amide bonds. The van der Waals surface area contributed by atoms with Crippen molar-refractivity contribution in [3.63, 3.8) is 0 Å². The molecule has 19 heavy (non-hydrogen) atoms. The van der Waals surface area contributed by atoms with Gasteiger partial charge in [-0.05, 0) is 25.1 Å². The first kappa shape index (κ1) is 14.2. The van der Waals surface area contributed by atoms with Gasteiger partial charge in [-0.3, -0.25) is 4.79 Å². The monoisotopic (exact) mass is 315 g/mol. The van der Waals surface area contributed by atoms with Crippen LogP contribution in [0.2, 0.25) is 10.0 Å². The molecule has 0 spiro atoms. The molecule has 6 heteroatoms. The van der Waals surface area contributed by atoms with E-state index in [0.29, 0.717) is 15.1 Å². The smallest absolute Gasteiger partial charge is 0.308 e. The highest BCUT2D eigenvalue weighted by Gasteiger charge is 2.11. The molecule has 0 saturated heterocycles. The van der Waals surface area contributed by atoms with Gasteiger partial charge < -0.3 is 10.1 Å². The molecular formula is C13H11Cl2NO2S. The Morgan fingerprint density at radius 2 is 1.89 bits per heavy atom. The molecule has 0 bridgehead atoms. The van der Waals surface area contributed by atoms with Crippen LogP contribution in [-0.2, 0) is 4.79 Å². The van der Waals surface area contributed by atoms with Crippen LogP contribution in [0, 0.1) is 6.92 Å². The average molecular weight is 316 g/mol. The predicted molar refractivity (Wildman–Crippen MR) is 80.1 cm³/mol. The third-order valence-corrected chi connectivity index (χ3v) is 3.77. The zero-order valence-corrected chi connectivity index (χ0v) is 12.6. The van der Waals surface area contributed by atoms with Crippen LogP contribution < -0.4 is 10.1 Å². The van der Waals surface area contributed by atoms with Crippen molar-refractivity contribution >= 4 is 51.9 Å². The number of benzene rings is 1. The van der Waals surface area contributed by atoms with Crippen LogP contribution in [0.5, 0.6) is 5.06 Å². The molecule has 0 unspecified atom stereocenters. The van der Waals surface area contributed by atoms with Crippen molar-refractivity contribution in [3.8, 4) is 5.06 Å². The topological polar surface area (TPSA) is 38.3 Å². The van der Waals surface area contributed by atoms with Gasteiger partial charge in [0.1, 0.15) is 0 Å². The number of halogens is 2. The van der Waals surface area contributed by atoms with E-state index in [1.807, 2.05) is 12.3 Å². The first-order valence-corrected chi connectivity index (χ1v) is 7.09. The quantitative estimate of drug-likeness (QED) is 0.807. The summed E-state index contributed by atoms with van der Waals surface area (Å²) in [5, 5.41) is 6.78. The van der Waals surface area contributed by atoms with Crippen LogP contribution in [0.3, 0.4) is 0 Å². The second-order valence-corrected chi connectivity index (χ2v) is 5.65. The molecule has 0 aliphatic carbocycles. The predicted octanol–water partition coefficient (Wildman–Crippen LogP) is 5.03. The molecule has 3 nitrogen and oxygen atoms in total. The maximum atomic E-state index is 11.0. The van der Waals surface area contributed by atoms with Crippen molar-refractivity contribution in [2.24, 2.45) is 0 Å². The molecule has 0 atom stereocenters. The van der Waals surface area contributed by atoms with E-state index in [9.17, 15) is 4.79 Å². The number of rotatable bonds is 3. The van der Waals surface area contributed by atoms with E-state index in [4.69, 9.17) is 27.9 Å². The molecule has 0 saturated carbocycles. The zero-order chi connectivity index (χ0) is 14.0. The number of ether oxygens (including phenoxy) is 1. The van der Waals surface area contributed by atoms with Gasteiger partial charge in [0.05, 0.1) is 5.69 Å². The molecule has 2 aromatic rings. The molecule has 1 aromatic heterocycles. The summed E-state index contributed by atoms with van der Waals surface area (Å²) >= 11 is 13.2. The molecule has 2 rings (SSSR count). The summed E-state index contributed by atoms with van der Waals surface area (Å²) in [6, 6.07) is 5.21. The van der Waals surface area contributed by atoms with Crippen LogP contribution in [0.15, 0.2) is 23.6 Å². The number of carbonyl (C=O) groups excluding carboxylic acids is 1. The van der Waals surface area contributed by atoms with Crippen LogP contribution >= 0.6 is 34.5 Å². The highest BCUT2D eigenvalue weighted by molar-refractivity contribution is 7.12. The van der Waals surface area contributed by atoms with Crippen molar-refractivity contribution in [3.05, 3.63) is 39.2 Å². The van der Waals surface area contributed by atoms with E-state index in [-0.39, 0.29) is 5.97 Å². The van der Waals surface area contributed by atoms with Crippen molar-refractivity contribution in [1.82, 2.24) is 0 Å². The number of anilines is 2. The Balaban J connectivity index is 2.23. The standard InChI is InChI=1S/C13H11Cl2NO2S/c1-7-12(6-19-13(7)18-8(2)17)16-11-4-9(14)3-10(15)5-11/h3-6,16H,1-2H3. The maximum absolute atomic E-state index is 11.0. The first-order valence-electron chi connectivity index (χ1n) is 5.45. The van der Waals surface area contributed by atoms with Crippen molar-refractivity contribution in [1.29, 1.82) is 0 Å². The second kappa shape index (κ2) is 5.82. The Hall–Kier alpha value is -1.23. The Kier molecular flexibility index (Phi) is 4.34. The highest BCUT2D eigenvalue weighted by Crippen LogP contribution is 2.36. The molecule has 0 aliphatic heterocycles. The van der Waals surface area contributed by atoms with Gasteiger partial charge in [-0.25, -0.2) is 0 Å². The number of hydrogen-bond donors (Lipinski definition) is 1. The van der Waals surface area contributed by atoms with Gasteiger partial charge in [-0.1, -0.05) is 23.2 Å². The summed E-state index contributed by atoms with van der Waals surface area (Å²) in [7, 11) is 0. The second-order valence-electron chi connectivity index (χ2n) is 3.94. The number of carbonyl (C=O) groups is 1. The summed E-state index contributed by atoms with van der Waals surface area (Å²) in [4.78, 5) is 11.0. The van der Waals surface area contributed by atoms with Gasteiger partial charge in [0.25, 0.3) is 0 Å². The van der Waals surface area contributed by atoms with Gasteiger partial charge in [-0.2, -0.15) is 0 Å². The van der Waals surface area contributed by atoms with Crippen LogP contribution in [-0.4, -0.2) is 5.97 Å². The summed E-state index contributed by atoms with van der Waals surface area (Å²) in [6.45, 7) is 3.26. The van der Waals surface area contributed by atoms with Gasteiger partial charge in [0.2, 0.25) is 0 Å². The lowest BCUT2D eigenvalue weighted by atomic mass is 10.2. The first-order chi connectivity index (χ1) is 8.95. The SMILES string of the molecule is CC(=O)Oc1scc(Nc2cc(Cl)cc(Cl)c2)c1C. The summed E-state index contributed by atoms with van der Waals surface area (Å²) in [5.41, 5.74) is 2.52. The fourth-order valence-electron chi connectivity index (χ4n) is 1.54. The molecule has 100 valence electrons. The lowest BCUT2D eigenvalue weighted by Crippen LogP contribution is -2.01. The van der Waals surface area contributed by atoms with Crippen molar-refractivity contribution in [2.75, 3.05) is 5.32 Å². The number of hydrogen-bond acceptors (Lipinski definition) is 4. The third-order valence-electron chi connectivity index (χ3n) is 2.37. The summed E-state index contributed by atoms with van der Waals surface area (Å²) in [6.07, 6.45) is 0. The van der Waals surface area contributed by atoms with E-state index >= 15 is 0 Å². The third kappa shape index (κ3) is 3.62. The van der Waals surface area contributed by atoms with E-state index < -0.39 is 0 Å². The number of nitrogens with one attached hydrogen (secondary N) is 1. The molecule has 0 aliphatic rings. The Labute approximate surface area is 125 Å². The molecule has 1 heterocycles. The summed E-state index contributed by atoms with van der Waals surface area (Å²) < 4.78 is 5.10. The minimum atomic E-state index is -0.331. The van der Waals surface area contributed by atoms with E-state index in [1.165, 1.54) is 18.3 Å². The minimum absolute atomic E-state index is 0.331. The lowest BCUT2D eigenvalue weighted by Gasteiger charge is -2.07. The van der Waals surface area contributed by atoms with Crippen LogP contribution in [0.25, 0.3) is 0 Å². The van der Waals surface area contributed by atoms with E-state index in [0.717, 1.165) is 16.9 Å². The highest BCUT2D eigenvalue weighted by atomic mass is 35.5. The zero-order valence-electron chi connectivity index (χ0n) is 10.3. The van der Waals surface area contributed by atoms with Crippen molar-refractivity contribution in [2.45, 2.75) is 13.8 Å². The Morgan fingerprint density at radius 1 is 1.26 bits per heavy atom. The lowest BCUT2D eigenvalue weighted by molar-refractivity contribution is -0.131. The Bertz CT molecular complexity index is 605. The Morgan fingerprint density at radius 3 is 2.47 bits per heavy atom. The van der Waals surface area contributed by atoms with Gasteiger partial charge in [0.15, 0.2) is 5.06 Å². The number of thiophene rings is 1. The van der Waals surface area contributed by atoms with Gasteiger partial charge >= 0.3 is 5.97 Å². The summed E-state index contributed by atoms with van der Waals surface area (Å²) in [5.74, 6) is -0.331. The van der Waals surface area contributed by atoms with E-state index in [2.05, 4.69) is 5.32 Å². The van der Waals surface area contributed by atoms with Crippen molar-refractivity contribution < 1.29 is 9.53 Å². The average Bonchev–Trinajstić information content (AvgIpc) is 2.59. The number of esters is 1. The molecule has 1 aromatic carbocycles.